The third-order valence-electron chi connectivity index (χ3n) is 3.22. The fraction of sp³-hybridized carbons (Fsp3) is 1.00. The molecule has 1 aliphatic heterocycles. The summed E-state index contributed by atoms with van der Waals surface area (Å²) < 4.78 is 22.6. The summed E-state index contributed by atoms with van der Waals surface area (Å²) in [6.07, 6.45) is 1.77. The smallest absolute Gasteiger partial charge is 0.150 e. The second-order valence-corrected chi connectivity index (χ2v) is 6.47. The lowest BCUT2D eigenvalue weighted by atomic mass is 9.88. The predicted molar refractivity (Wildman–Crippen MR) is 57.3 cm³/mol. The first-order valence-electron chi connectivity index (χ1n) is 5.16. The van der Waals surface area contributed by atoms with Crippen molar-refractivity contribution >= 4 is 9.84 Å². The summed E-state index contributed by atoms with van der Waals surface area (Å²) >= 11 is 0. The molecular formula is C9H20N2O2S. The Morgan fingerprint density at radius 2 is 2.21 bits per heavy atom. The highest BCUT2D eigenvalue weighted by Gasteiger charge is 2.35. The minimum absolute atomic E-state index is 0.136. The van der Waals surface area contributed by atoms with Gasteiger partial charge in [-0.3, -0.25) is 11.3 Å². The molecule has 0 spiro atoms. The summed E-state index contributed by atoms with van der Waals surface area (Å²) in [6, 6.07) is 0.136. The summed E-state index contributed by atoms with van der Waals surface area (Å²) in [5, 5.41) is 0. The van der Waals surface area contributed by atoms with Crippen molar-refractivity contribution in [3.05, 3.63) is 0 Å². The van der Waals surface area contributed by atoms with Crippen LogP contribution in [0.2, 0.25) is 0 Å². The van der Waals surface area contributed by atoms with Crippen molar-refractivity contribution < 1.29 is 8.42 Å². The predicted octanol–water partition coefficient (Wildman–Crippen LogP) is 0.299. The van der Waals surface area contributed by atoms with Gasteiger partial charge in [0.15, 0.2) is 9.84 Å². The van der Waals surface area contributed by atoms with Gasteiger partial charge in [0, 0.05) is 6.04 Å². The fourth-order valence-electron chi connectivity index (χ4n) is 2.13. The minimum Gasteiger partial charge on any atom is -0.271 e. The highest BCUT2D eigenvalue weighted by molar-refractivity contribution is 7.91. The van der Waals surface area contributed by atoms with Crippen LogP contribution in [0, 0.1) is 11.8 Å². The Labute approximate surface area is 86.1 Å². The largest absolute Gasteiger partial charge is 0.271 e. The maximum Gasteiger partial charge on any atom is 0.150 e. The molecule has 0 aromatic carbocycles. The second kappa shape index (κ2) is 4.59. The molecule has 1 aliphatic rings. The number of nitrogens with one attached hydrogen (secondary N) is 1. The van der Waals surface area contributed by atoms with E-state index in [0.717, 1.165) is 12.8 Å². The zero-order chi connectivity index (χ0) is 10.8. The lowest BCUT2D eigenvalue weighted by Gasteiger charge is -2.27. The first-order chi connectivity index (χ1) is 6.50. The molecule has 3 N–H and O–H groups in total. The Morgan fingerprint density at radius 3 is 2.57 bits per heavy atom. The molecule has 1 rings (SSSR count). The molecule has 0 aromatic heterocycles. The molecule has 0 amide bonds. The molecule has 0 saturated carbocycles. The summed E-state index contributed by atoms with van der Waals surface area (Å²) in [5.74, 6) is 6.72. The van der Waals surface area contributed by atoms with E-state index in [1.54, 1.807) is 0 Å². The molecule has 3 unspecified atom stereocenters. The lowest BCUT2D eigenvalue weighted by molar-refractivity contribution is 0.285. The molecule has 4 nitrogen and oxygen atoms in total. The Hall–Kier alpha value is -0.130. The summed E-state index contributed by atoms with van der Waals surface area (Å²) in [4.78, 5) is 0. The number of hydrogen-bond acceptors (Lipinski definition) is 4. The number of hydrogen-bond donors (Lipinski definition) is 2. The lowest BCUT2D eigenvalue weighted by Crippen LogP contribution is -2.45. The molecule has 0 aliphatic carbocycles. The highest BCUT2D eigenvalue weighted by atomic mass is 32.2. The van der Waals surface area contributed by atoms with Crippen molar-refractivity contribution in [2.45, 2.75) is 32.7 Å². The van der Waals surface area contributed by atoms with E-state index in [0.29, 0.717) is 17.4 Å². The van der Waals surface area contributed by atoms with Crippen LogP contribution in [-0.2, 0) is 9.84 Å². The van der Waals surface area contributed by atoms with E-state index in [9.17, 15) is 8.42 Å². The van der Waals surface area contributed by atoms with Crippen molar-refractivity contribution in [2.24, 2.45) is 17.7 Å². The molecule has 0 bridgehead atoms. The van der Waals surface area contributed by atoms with Crippen LogP contribution in [0.4, 0.5) is 0 Å². The molecule has 14 heavy (non-hydrogen) atoms. The van der Waals surface area contributed by atoms with Crippen LogP contribution in [0.1, 0.15) is 26.7 Å². The molecular weight excluding hydrogens is 200 g/mol. The number of hydrazine groups is 1. The van der Waals surface area contributed by atoms with Gasteiger partial charge >= 0.3 is 0 Å². The Kier molecular flexibility index (Phi) is 3.92. The topological polar surface area (TPSA) is 72.2 Å². The van der Waals surface area contributed by atoms with Crippen LogP contribution in [0.25, 0.3) is 0 Å². The molecule has 1 saturated heterocycles. The van der Waals surface area contributed by atoms with E-state index in [1.807, 2.05) is 0 Å². The SMILES string of the molecule is CCC(C)C(NN)C1CCS(=O)(=O)C1. The van der Waals surface area contributed by atoms with Gasteiger partial charge in [-0.2, -0.15) is 0 Å². The van der Waals surface area contributed by atoms with Crippen molar-refractivity contribution in [2.75, 3.05) is 11.5 Å². The van der Waals surface area contributed by atoms with Crippen molar-refractivity contribution in [1.82, 2.24) is 5.43 Å². The fourth-order valence-corrected chi connectivity index (χ4v) is 3.98. The molecule has 0 aromatic rings. The van der Waals surface area contributed by atoms with E-state index >= 15 is 0 Å². The molecule has 5 heteroatoms. The molecule has 0 radical (unpaired) electrons. The maximum absolute atomic E-state index is 11.3. The van der Waals surface area contributed by atoms with Gasteiger partial charge < -0.3 is 0 Å². The maximum atomic E-state index is 11.3. The quantitative estimate of drug-likeness (QED) is 0.528. The summed E-state index contributed by atoms with van der Waals surface area (Å²) in [7, 11) is -2.79. The van der Waals surface area contributed by atoms with E-state index < -0.39 is 9.84 Å². The van der Waals surface area contributed by atoms with Crippen LogP contribution in [0.3, 0.4) is 0 Å². The van der Waals surface area contributed by atoms with E-state index in [-0.39, 0.29) is 12.0 Å². The zero-order valence-corrected chi connectivity index (χ0v) is 9.68. The first-order valence-corrected chi connectivity index (χ1v) is 6.99. The molecule has 1 heterocycles. The zero-order valence-electron chi connectivity index (χ0n) is 8.86. The summed E-state index contributed by atoms with van der Waals surface area (Å²) in [6.45, 7) is 4.20. The van der Waals surface area contributed by atoms with Gasteiger partial charge in [0.05, 0.1) is 11.5 Å². The van der Waals surface area contributed by atoms with Gasteiger partial charge in [0.1, 0.15) is 0 Å². The van der Waals surface area contributed by atoms with Crippen LogP contribution < -0.4 is 11.3 Å². The molecule has 3 atom stereocenters. The average molecular weight is 220 g/mol. The first kappa shape index (κ1) is 11.9. The molecule has 84 valence electrons. The molecule has 1 fully saturated rings. The van der Waals surface area contributed by atoms with E-state index in [2.05, 4.69) is 19.3 Å². The van der Waals surface area contributed by atoms with E-state index in [4.69, 9.17) is 5.84 Å². The Bertz CT molecular complexity index is 277. The number of nitrogens with two attached hydrogens (primary N) is 1. The second-order valence-electron chi connectivity index (χ2n) is 4.24. The standard InChI is InChI=1S/C9H20N2O2S/c1-3-7(2)9(11-10)8-4-5-14(12,13)6-8/h7-9,11H,3-6,10H2,1-2H3. The van der Waals surface area contributed by atoms with Crippen LogP contribution in [-0.4, -0.2) is 26.0 Å². The van der Waals surface area contributed by atoms with Gasteiger partial charge in [-0.1, -0.05) is 20.3 Å². The average Bonchev–Trinajstić information content (AvgIpc) is 2.47. The van der Waals surface area contributed by atoms with Crippen LogP contribution in [0.15, 0.2) is 0 Å². The van der Waals surface area contributed by atoms with Gasteiger partial charge in [-0.05, 0) is 18.3 Å². The highest BCUT2D eigenvalue weighted by Crippen LogP contribution is 2.26. The van der Waals surface area contributed by atoms with Gasteiger partial charge in [-0.25, -0.2) is 8.42 Å². The van der Waals surface area contributed by atoms with Crippen molar-refractivity contribution in [1.29, 1.82) is 0 Å². The minimum atomic E-state index is -2.79. The monoisotopic (exact) mass is 220 g/mol. The third kappa shape index (κ3) is 2.68. The van der Waals surface area contributed by atoms with Crippen LogP contribution >= 0.6 is 0 Å². The normalized spacial score (nSPS) is 30.1. The number of rotatable bonds is 4. The van der Waals surface area contributed by atoms with Crippen molar-refractivity contribution in [3.8, 4) is 0 Å². The van der Waals surface area contributed by atoms with E-state index in [1.165, 1.54) is 0 Å². The van der Waals surface area contributed by atoms with Gasteiger partial charge in [-0.15, -0.1) is 0 Å². The number of sulfone groups is 1. The van der Waals surface area contributed by atoms with Crippen molar-refractivity contribution in [3.63, 3.8) is 0 Å². The summed E-state index contributed by atoms with van der Waals surface area (Å²) in [5.41, 5.74) is 2.77. The van der Waals surface area contributed by atoms with Gasteiger partial charge in [0.2, 0.25) is 0 Å². The Morgan fingerprint density at radius 1 is 1.57 bits per heavy atom. The third-order valence-corrected chi connectivity index (χ3v) is 5.02. The van der Waals surface area contributed by atoms with Gasteiger partial charge in [0.25, 0.3) is 0 Å². The Balaban J connectivity index is 2.64. The van der Waals surface area contributed by atoms with Crippen LogP contribution in [0.5, 0.6) is 0 Å².